The van der Waals surface area contributed by atoms with Gasteiger partial charge in [0.2, 0.25) is 0 Å². The Morgan fingerprint density at radius 1 is 1.00 bits per heavy atom. The minimum absolute atomic E-state index is 0.145. The molecule has 1 atom stereocenters. The van der Waals surface area contributed by atoms with Crippen LogP contribution in [0.15, 0.2) is 77.7 Å². The Kier molecular flexibility index (Phi) is 6.41. The molecule has 0 fully saturated rings. The van der Waals surface area contributed by atoms with Gasteiger partial charge in [0.25, 0.3) is 15.9 Å². The Labute approximate surface area is 192 Å². The fraction of sp³-hybridized carbons (Fsp3) is 0.208. The highest BCUT2D eigenvalue weighted by Crippen LogP contribution is 2.36. The van der Waals surface area contributed by atoms with Crippen molar-refractivity contribution in [2.75, 3.05) is 25.1 Å². The first-order chi connectivity index (χ1) is 15.9. The number of hydrogen-bond donors (Lipinski definition) is 1. The molecule has 9 heteroatoms. The lowest BCUT2D eigenvalue weighted by atomic mass is 10.2. The molecule has 3 aromatic rings. The van der Waals surface area contributed by atoms with Crippen LogP contribution in [0, 0.1) is 0 Å². The van der Waals surface area contributed by atoms with Crippen LogP contribution in [0.25, 0.3) is 0 Å². The average Bonchev–Trinajstić information content (AvgIpc) is 2.86. The lowest BCUT2D eigenvalue weighted by molar-refractivity contribution is -0.127. The largest absolute Gasteiger partial charge is 0.493 e. The Hall–Kier alpha value is -3.72. The van der Waals surface area contributed by atoms with E-state index in [1.807, 2.05) is 6.07 Å². The van der Waals surface area contributed by atoms with E-state index in [-0.39, 0.29) is 18.0 Å². The number of nitrogens with zero attached hydrogens (tertiary/aromatic N) is 1. The van der Waals surface area contributed by atoms with Crippen molar-refractivity contribution in [1.82, 2.24) is 5.32 Å². The van der Waals surface area contributed by atoms with Gasteiger partial charge >= 0.3 is 0 Å². The molecule has 0 bridgehead atoms. The number of benzene rings is 3. The number of nitrogens with one attached hydrogen (secondary N) is 1. The Bertz CT molecular complexity index is 1250. The third-order valence-electron chi connectivity index (χ3n) is 5.27. The summed E-state index contributed by atoms with van der Waals surface area (Å²) >= 11 is 0. The van der Waals surface area contributed by atoms with Crippen molar-refractivity contribution < 1.29 is 27.4 Å². The maximum Gasteiger partial charge on any atom is 0.264 e. The fourth-order valence-electron chi connectivity index (χ4n) is 3.58. The van der Waals surface area contributed by atoms with E-state index in [2.05, 4.69) is 5.32 Å². The van der Waals surface area contributed by atoms with Crippen LogP contribution in [0.1, 0.15) is 5.56 Å². The summed E-state index contributed by atoms with van der Waals surface area (Å²) in [4.78, 5) is 13.1. The van der Waals surface area contributed by atoms with Gasteiger partial charge in [-0.25, -0.2) is 8.42 Å². The van der Waals surface area contributed by atoms with Crippen molar-refractivity contribution in [3.05, 3.63) is 78.4 Å². The van der Waals surface area contributed by atoms with Crippen LogP contribution in [0.3, 0.4) is 0 Å². The zero-order chi connectivity index (χ0) is 23.4. The molecular formula is C24H24N2O6S. The van der Waals surface area contributed by atoms with Gasteiger partial charge in [-0.1, -0.05) is 36.4 Å². The summed E-state index contributed by atoms with van der Waals surface area (Å²) < 4.78 is 44.3. The Morgan fingerprint density at radius 3 is 2.42 bits per heavy atom. The van der Waals surface area contributed by atoms with E-state index in [1.165, 1.54) is 23.5 Å². The molecule has 0 saturated carbocycles. The van der Waals surface area contributed by atoms with Crippen LogP contribution in [-0.2, 0) is 21.4 Å². The van der Waals surface area contributed by atoms with Crippen molar-refractivity contribution in [2.45, 2.75) is 17.5 Å². The van der Waals surface area contributed by atoms with Gasteiger partial charge in [0.15, 0.2) is 17.6 Å². The maximum absolute atomic E-state index is 13.3. The highest BCUT2D eigenvalue weighted by molar-refractivity contribution is 7.92. The molecule has 33 heavy (non-hydrogen) atoms. The summed E-state index contributed by atoms with van der Waals surface area (Å²) in [6.07, 6.45) is -1.02. The van der Waals surface area contributed by atoms with Crippen LogP contribution in [0.2, 0.25) is 0 Å². The van der Waals surface area contributed by atoms with Crippen LogP contribution in [-0.4, -0.2) is 41.2 Å². The summed E-state index contributed by atoms with van der Waals surface area (Å²) in [6.45, 7) is 0.0676. The van der Waals surface area contributed by atoms with Crippen LogP contribution in [0.5, 0.6) is 17.2 Å². The zero-order valence-electron chi connectivity index (χ0n) is 18.2. The molecule has 1 heterocycles. The number of carbonyl (C=O) groups excluding carboxylic acids is 1. The summed E-state index contributed by atoms with van der Waals surface area (Å²) in [5.41, 5.74) is 1.19. The van der Waals surface area contributed by atoms with Gasteiger partial charge in [-0.3, -0.25) is 9.10 Å². The highest BCUT2D eigenvalue weighted by Gasteiger charge is 2.37. The molecule has 1 aliphatic heterocycles. The van der Waals surface area contributed by atoms with E-state index in [0.717, 1.165) is 5.56 Å². The van der Waals surface area contributed by atoms with Gasteiger partial charge in [0, 0.05) is 6.54 Å². The normalized spacial score (nSPS) is 15.2. The predicted molar refractivity (Wildman–Crippen MR) is 123 cm³/mol. The number of fused-ring (bicyclic) bond motifs is 1. The smallest absolute Gasteiger partial charge is 0.264 e. The van der Waals surface area contributed by atoms with Crippen molar-refractivity contribution in [3.63, 3.8) is 0 Å². The van der Waals surface area contributed by atoms with E-state index in [4.69, 9.17) is 14.2 Å². The van der Waals surface area contributed by atoms with Gasteiger partial charge in [0.05, 0.1) is 31.3 Å². The molecule has 1 N–H and O–H groups in total. The average molecular weight is 469 g/mol. The minimum atomic E-state index is -3.88. The van der Waals surface area contributed by atoms with Crippen molar-refractivity contribution in [1.29, 1.82) is 0 Å². The number of ether oxygens (including phenoxy) is 3. The molecule has 0 spiro atoms. The molecule has 172 valence electrons. The van der Waals surface area contributed by atoms with Gasteiger partial charge in [-0.15, -0.1) is 0 Å². The first-order valence-corrected chi connectivity index (χ1v) is 11.7. The Morgan fingerprint density at radius 2 is 1.70 bits per heavy atom. The first kappa shape index (κ1) is 22.5. The van der Waals surface area contributed by atoms with Crippen LogP contribution in [0.4, 0.5) is 5.69 Å². The first-order valence-electron chi connectivity index (χ1n) is 10.3. The third kappa shape index (κ3) is 4.58. The molecule has 1 aliphatic rings. The number of amides is 1. The Balaban J connectivity index is 1.55. The molecule has 0 unspecified atom stereocenters. The predicted octanol–water partition coefficient (Wildman–Crippen LogP) is 2.98. The van der Waals surface area contributed by atoms with Crippen molar-refractivity contribution in [2.24, 2.45) is 0 Å². The van der Waals surface area contributed by atoms with E-state index >= 15 is 0 Å². The van der Waals surface area contributed by atoms with Crippen molar-refractivity contribution in [3.8, 4) is 17.2 Å². The summed E-state index contributed by atoms with van der Waals surface area (Å²) in [7, 11) is -0.797. The molecular weight excluding hydrogens is 444 g/mol. The molecule has 3 aromatic carbocycles. The number of hydrogen-bond acceptors (Lipinski definition) is 6. The molecule has 0 aliphatic carbocycles. The monoisotopic (exact) mass is 468 g/mol. The second kappa shape index (κ2) is 9.41. The summed E-state index contributed by atoms with van der Waals surface area (Å²) in [5, 5.41) is 2.82. The summed E-state index contributed by atoms with van der Waals surface area (Å²) in [6, 6.07) is 20.2. The fourth-order valence-corrected chi connectivity index (χ4v) is 5.08. The SMILES string of the molecule is COc1ccc(CNC(=O)[C@H]2CN(S(=O)(=O)c3ccccc3)c3ccccc3O2)cc1OC. The summed E-state index contributed by atoms with van der Waals surface area (Å²) in [5.74, 6) is 1.04. The molecule has 8 nitrogen and oxygen atoms in total. The van der Waals surface area contributed by atoms with E-state index in [9.17, 15) is 13.2 Å². The number of methoxy groups -OCH3 is 2. The number of carbonyl (C=O) groups is 1. The van der Waals surface area contributed by atoms with Gasteiger partial charge in [-0.05, 0) is 42.0 Å². The molecule has 0 aromatic heterocycles. The standard InChI is InChI=1S/C24H24N2O6S/c1-30-21-13-12-17(14-22(21)31-2)15-25-24(27)23-16-26(19-10-6-7-11-20(19)32-23)33(28,29)18-8-4-3-5-9-18/h3-14,23H,15-16H2,1-2H3,(H,25,27)/t23-/m1/s1. The number of para-hydroxylation sites is 2. The second-order valence-electron chi connectivity index (χ2n) is 7.33. The minimum Gasteiger partial charge on any atom is -0.493 e. The van der Waals surface area contributed by atoms with Crippen LogP contribution < -0.4 is 23.8 Å². The lowest BCUT2D eigenvalue weighted by Gasteiger charge is -2.34. The molecule has 1 amide bonds. The topological polar surface area (TPSA) is 94.2 Å². The number of rotatable bonds is 7. The maximum atomic E-state index is 13.3. The van der Waals surface area contributed by atoms with Gasteiger partial charge in [0.1, 0.15) is 5.75 Å². The third-order valence-corrected chi connectivity index (χ3v) is 7.07. The zero-order valence-corrected chi connectivity index (χ0v) is 19.0. The number of anilines is 1. The molecule has 0 saturated heterocycles. The quantitative estimate of drug-likeness (QED) is 0.573. The lowest BCUT2D eigenvalue weighted by Crippen LogP contribution is -2.50. The van der Waals surface area contributed by atoms with E-state index in [0.29, 0.717) is 22.9 Å². The molecule has 0 radical (unpaired) electrons. The van der Waals surface area contributed by atoms with E-state index in [1.54, 1.807) is 61.7 Å². The molecule has 4 rings (SSSR count). The second-order valence-corrected chi connectivity index (χ2v) is 9.19. The van der Waals surface area contributed by atoms with Gasteiger partial charge < -0.3 is 19.5 Å². The van der Waals surface area contributed by atoms with Crippen molar-refractivity contribution >= 4 is 21.6 Å². The van der Waals surface area contributed by atoms with Gasteiger partial charge in [-0.2, -0.15) is 0 Å². The number of sulfonamides is 1. The highest BCUT2D eigenvalue weighted by atomic mass is 32.2. The van der Waals surface area contributed by atoms with E-state index < -0.39 is 22.0 Å². The van der Waals surface area contributed by atoms with Crippen LogP contribution >= 0.6 is 0 Å².